The van der Waals surface area contributed by atoms with Gasteiger partial charge in [0.2, 0.25) is 5.91 Å². The fraction of sp³-hybridized carbons (Fsp3) is 0.500. The Bertz CT molecular complexity index is 640. The molecule has 0 heterocycles. The molecule has 0 spiro atoms. The lowest BCUT2D eigenvalue weighted by atomic mass is 9.52. The molecule has 2 N–H and O–H groups in total. The number of benzene rings is 1. The molecular formula is C18H24N2O3S. The van der Waals surface area contributed by atoms with Crippen molar-refractivity contribution in [3.63, 3.8) is 0 Å². The maximum absolute atomic E-state index is 12.2. The van der Waals surface area contributed by atoms with E-state index in [2.05, 4.69) is 24.5 Å². The number of hydrogen-bond acceptors (Lipinski definition) is 4. The summed E-state index contributed by atoms with van der Waals surface area (Å²) >= 11 is 5.17. The van der Waals surface area contributed by atoms with E-state index in [1.165, 1.54) is 0 Å². The second-order valence-corrected chi connectivity index (χ2v) is 7.26. The Morgan fingerprint density at radius 1 is 1.29 bits per heavy atom. The average Bonchev–Trinajstić information content (AvgIpc) is 2.51. The molecule has 5 nitrogen and oxygen atoms in total. The van der Waals surface area contributed by atoms with Crippen LogP contribution < -0.4 is 15.4 Å². The Hall–Kier alpha value is -1.95. The maximum atomic E-state index is 12.2. The highest BCUT2D eigenvalue weighted by molar-refractivity contribution is 7.80. The third-order valence-electron chi connectivity index (χ3n) is 4.99. The summed E-state index contributed by atoms with van der Waals surface area (Å²) in [6, 6.07) is 7.27. The predicted molar refractivity (Wildman–Crippen MR) is 98.0 cm³/mol. The van der Waals surface area contributed by atoms with Gasteiger partial charge in [0.05, 0.1) is 7.11 Å². The van der Waals surface area contributed by atoms with Crippen molar-refractivity contribution in [2.45, 2.75) is 33.6 Å². The predicted octanol–water partition coefficient (Wildman–Crippen LogP) is 3.15. The smallest absolute Gasteiger partial charge is 0.226 e. The van der Waals surface area contributed by atoms with Crippen LogP contribution in [-0.2, 0) is 9.59 Å². The molecule has 1 fully saturated rings. The number of thiocarbonyl (C=S) groups is 1. The van der Waals surface area contributed by atoms with Crippen molar-refractivity contribution in [2.24, 2.45) is 17.3 Å². The molecule has 1 aromatic rings. The summed E-state index contributed by atoms with van der Waals surface area (Å²) in [6.45, 7) is 5.72. The van der Waals surface area contributed by atoms with Gasteiger partial charge in [-0.3, -0.25) is 9.59 Å². The molecule has 24 heavy (non-hydrogen) atoms. The number of ketones is 1. The number of carbonyl (C=O) groups is 2. The lowest BCUT2D eigenvalue weighted by Gasteiger charge is -2.51. The number of amides is 1. The van der Waals surface area contributed by atoms with Gasteiger partial charge in [-0.25, -0.2) is 0 Å². The summed E-state index contributed by atoms with van der Waals surface area (Å²) in [4.78, 5) is 23.7. The summed E-state index contributed by atoms with van der Waals surface area (Å²) in [5.41, 5.74) is 0.649. The van der Waals surface area contributed by atoms with Crippen LogP contribution in [0.5, 0.6) is 5.75 Å². The number of Topliss-reactive ketones (excluding diaryl/α,β-unsaturated/α-hetero) is 1. The SMILES string of the molecule is COc1ccc(NC(=S)NC(=O)C[C@@H]2C[C@@H](C(C)=O)C2(C)C)cc1. The number of rotatable bonds is 5. The largest absolute Gasteiger partial charge is 0.497 e. The van der Waals surface area contributed by atoms with Gasteiger partial charge in [-0.1, -0.05) is 13.8 Å². The maximum Gasteiger partial charge on any atom is 0.226 e. The zero-order chi connectivity index (χ0) is 17.9. The molecule has 0 saturated heterocycles. The van der Waals surface area contributed by atoms with E-state index >= 15 is 0 Å². The molecule has 1 saturated carbocycles. The molecule has 130 valence electrons. The van der Waals surface area contributed by atoms with E-state index in [1.54, 1.807) is 14.0 Å². The van der Waals surface area contributed by atoms with Gasteiger partial charge in [0.25, 0.3) is 0 Å². The van der Waals surface area contributed by atoms with Gasteiger partial charge in [-0.05, 0) is 61.2 Å². The standard InChI is InChI=1S/C18H24N2O3S/c1-11(21)15-9-12(18(15,2)3)10-16(22)20-17(24)19-13-5-7-14(23-4)8-6-13/h5-8,12,15H,9-10H2,1-4H3,(H2,19,20,22,24)/t12-,15-/m0/s1. The van der Waals surface area contributed by atoms with Crippen LogP contribution in [-0.4, -0.2) is 23.9 Å². The highest BCUT2D eigenvalue weighted by Crippen LogP contribution is 2.53. The number of methoxy groups -OCH3 is 1. The molecule has 2 atom stereocenters. The Balaban J connectivity index is 1.82. The lowest BCUT2D eigenvalue weighted by molar-refractivity contribution is -0.140. The summed E-state index contributed by atoms with van der Waals surface area (Å²) < 4.78 is 5.09. The van der Waals surface area contributed by atoms with Gasteiger partial charge < -0.3 is 15.4 Å². The summed E-state index contributed by atoms with van der Waals surface area (Å²) in [5, 5.41) is 5.94. The fourth-order valence-electron chi connectivity index (χ4n) is 3.29. The minimum absolute atomic E-state index is 0.0553. The first-order chi connectivity index (χ1) is 11.2. The Morgan fingerprint density at radius 2 is 1.92 bits per heavy atom. The van der Waals surface area contributed by atoms with Crippen LogP contribution >= 0.6 is 12.2 Å². The minimum Gasteiger partial charge on any atom is -0.497 e. The van der Waals surface area contributed by atoms with E-state index in [0.717, 1.165) is 17.9 Å². The minimum atomic E-state index is -0.131. The van der Waals surface area contributed by atoms with Crippen molar-refractivity contribution >= 4 is 34.7 Å². The van der Waals surface area contributed by atoms with Gasteiger partial charge >= 0.3 is 0 Å². The molecule has 0 aliphatic heterocycles. The van der Waals surface area contributed by atoms with Crippen molar-refractivity contribution in [3.8, 4) is 5.75 Å². The van der Waals surface area contributed by atoms with E-state index in [-0.39, 0.29) is 34.1 Å². The topological polar surface area (TPSA) is 67.4 Å². The van der Waals surface area contributed by atoms with E-state index in [9.17, 15) is 9.59 Å². The molecule has 0 aromatic heterocycles. The molecule has 0 radical (unpaired) electrons. The third kappa shape index (κ3) is 4.12. The molecule has 1 aliphatic carbocycles. The Labute approximate surface area is 148 Å². The molecule has 0 unspecified atom stereocenters. The number of carbonyl (C=O) groups excluding carboxylic acids is 2. The highest BCUT2D eigenvalue weighted by atomic mass is 32.1. The van der Waals surface area contributed by atoms with Crippen molar-refractivity contribution < 1.29 is 14.3 Å². The first-order valence-electron chi connectivity index (χ1n) is 7.99. The molecule has 2 rings (SSSR count). The molecule has 0 bridgehead atoms. The summed E-state index contributed by atoms with van der Waals surface area (Å²) in [6.07, 6.45) is 1.15. The van der Waals surface area contributed by atoms with Crippen molar-refractivity contribution in [1.29, 1.82) is 0 Å². The van der Waals surface area contributed by atoms with Gasteiger partial charge in [0.1, 0.15) is 11.5 Å². The van der Waals surface area contributed by atoms with Crippen LogP contribution in [0.3, 0.4) is 0 Å². The van der Waals surface area contributed by atoms with Crippen LogP contribution in [0.1, 0.15) is 33.6 Å². The highest BCUT2D eigenvalue weighted by Gasteiger charge is 2.50. The fourth-order valence-corrected chi connectivity index (χ4v) is 3.52. The van der Waals surface area contributed by atoms with Gasteiger partial charge in [0.15, 0.2) is 5.11 Å². The summed E-state index contributed by atoms with van der Waals surface area (Å²) in [7, 11) is 1.60. The zero-order valence-corrected chi connectivity index (χ0v) is 15.3. The monoisotopic (exact) mass is 348 g/mol. The van der Waals surface area contributed by atoms with Crippen molar-refractivity contribution in [3.05, 3.63) is 24.3 Å². The van der Waals surface area contributed by atoms with E-state index in [0.29, 0.717) is 6.42 Å². The zero-order valence-electron chi connectivity index (χ0n) is 14.5. The quantitative estimate of drug-likeness (QED) is 0.800. The Kier molecular flexibility index (Phi) is 5.59. The van der Waals surface area contributed by atoms with Gasteiger partial charge in [-0.15, -0.1) is 0 Å². The van der Waals surface area contributed by atoms with Crippen LogP contribution in [0.4, 0.5) is 5.69 Å². The van der Waals surface area contributed by atoms with Gasteiger partial charge in [-0.2, -0.15) is 0 Å². The van der Waals surface area contributed by atoms with E-state index < -0.39 is 0 Å². The number of anilines is 1. The lowest BCUT2D eigenvalue weighted by Crippen LogP contribution is -2.50. The molecule has 1 aliphatic rings. The molecular weight excluding hydrogens is 324 g/mol. The Morgan fingerprint density at radius 3 is 2.42 bits per heavy atom. The van der Waals surface area contributed by atoms with Crippen LogP contribution in [0.25, 0.3) is 0 Å². The first kappa shape index (κ1) is 18.4. The van der Waals surface area contributed by atoms with Crippen molar-refractivity contribution in [2.75, 3.05) is 12.4 Å². The molecule has 1 amide bonds. The van der Waals surface area contributed by atoms with E-state index in [4.69, 9.17) is 17.0 Å². The molecule has 6 heteroatoms. The second kappa shape index (κ2) is 7.30. The van der Waals surface area contributed by atoms with Crippen molar-refractivity contribution in [1.82, 2.24) is 5.32 Å². The number of hydrogen-bond donors (Lipinski definition) is 2. The first-order valence-corrected chi connectivity index (χ1v) is 8.40. The number of nitrogens with one attached hydrogen (secondary N) is 2. The average molecular weight is 348 g/mol. The summed E-state index contributed by atoms with van der Waals surface area (Å²) in [5.74, 6) is 1.09. The van der Waals surface area contributed by atoms with Gasteiger partial charge in [0, 0.05) is 18.0 Å². The van der Waals surface area contributed by atoms with E-state index in [1.807, 2.05) is 24.3 Å². The second-order valence-electron chi connectivity index (χ2n) is 6.85. The van der Waals surface area contributed by atoms with Crippen LogP contribution in [0.15, 0.2) is 24.3 Å². The van der Waals surface area contributed by atoms with Crippen LogP contribution in [0.2, 0.25) is 0 Å². The molecule has 1 aromatic carbocycles. The normalized spacial score (nSPS) is 21.3. The van der Waals surface area contributed by atoms with Crippen LogP contribution in [0, 0.1) is 17.3 Å². The third-order valence-corrected chi connectivity index (χ3v) is 5.20. The number of ether oxygens (including phenoxy) is 1.